The number of ether oxygens (including phenoxy) is 1. The fourth-order valence-corrected chi connectivity index (χ4v) is 2.28. The van der Waals surface area contributed by atoms with Gasteiger partial charge < -0.3 is 4.74 Å². The molecule has 1 aliphatic carbocycles. The Morgan fingerprint density at radius 3 is 2.53 bits per heavy atom. The number of nitriles is 1. The number of hydrogen-bond acceptors (Lipinski definition) is 3. The van der Waals surface area contributed by atoms with Gasteiger partial charge in [-0.15, -0.1) is 0 Å². The van der Waals surface area contributed by atoms with Gasteiger partial charge in [-0.1, -0.05) is 24.3 Å². The molecule has 0 radical (unpaired) electrons. The van der Waals surface area contributed by atoms with E-state index in [1.165, 1.54) is 18.4 Å². The van der Waals surface area contributed by atoms with Gasteiger partial charge in [0, 0.05) is 0 Å². The third-order valence-electron chi connectivity index (χ3n) is 3.76. The van der Waals surface area contributed by atoms with Crippen LogP contribution in [-0.4, -0.2) is 12.6 Å². The molecule has 0 heterocycles. The number of benzene rings is 1. The van der Waals surface area contributed by atoms with Crippen molar-refractivity contribution in [2.24, 2.45) is 0 Å². The van der Waals surface area contributed by atoms with Crippen LogP contribution in [0, 0.1) is 11.3 Å². The van der Waals surface area contributed by atoms with Gasteiger partial charge in [0.25, 0.3) is 0 Å². The largest absolute Gasteiger partial charge is 0.465 e. The smallest absolute Gasteiger partial charge is 0.317 e. The lowest BCUT2D eigenvalue weighted by Crippen LogP contribution is -2.34. The molecule has 1 fully saturated rings. The molecule has 1 aromatic carbocycles. The lowest BCUT2D eigenvalue weighted by atomic mass is 9.79. The summed E-state index contributed by atoms with van der Waals surface area (Å²) in [6.07, 6.45) is 2.65. The first-order valence-electron chi connectivity index (χ1n) is 6.76. The zero-order valence-electron chi connectivity index (χ0n) is 11.5. The number of rotatable bonds is 5. The molecule has 3 nitrogen and oxygen atoms in total. The van der Waals surface area contributed by atoms with E-state index >= 15 is 0 Å². The average Bonchev–Trinajstić information content (AvgIpc) is 3.24. The highest BCUT2D eigenvalue weighted by molar-refractivity contribution is 5.83. The van der Waals surface area contributed by atoms with Crippen molar-refractivity contribution >= 4 is 5.97 Å². The molecular formula is C16H19NO2. The third-order valence-corrected chi connectivity index (χ3v) is 3.76. The lowest BCUT2D eigenvalue weighted by Gasteiger charge is -2.25. The van der Waals surface area contributed by atoms with E-state index in [1.807, 2.05) is 12.1 Å². The first kappa shape index (κ1) is 13.6. The summed E-state index contributed by atoms with van der Waals surface area (Å²) in [6.45, 7) is 3.89. The fraction of sp³-hybridized carbons (Fsp3) is 0.500. The second kappa shape index (κ2) is 5.44. The zero-order valence-corrected chi connectivity index (χ0v) is 11.5. The van der Waals surface area contributed by atoms with E-state index in [-0.39, 0.29) is 12.4 Å². The molecule has 0 aromatic heterocycles. The Morgan fingerprint density at radius 1 is 1.42 bits per heavy atom. The molecule has 0 spiro atoms. The summed E-state index contributed by atoms with van der Waals surface area (Å²) in [7, 11) is 0. The molecule has 1 unspecified atom stereocenters. The van der Waals surface area contributed by atoms with Crippen LogP contribution in [0.15, 0.2) is 24.3 Å². The molecule has 2 rings (SSSR count). The molecule has 1 atom stereocenters. The van der Waals surface area contributed by atoms with Gasteiger partial charge in [0.05, 0.1) is 19.1 Å². The predicted octanol–water partition coefficient (Wildman–Crippen LogP) is 3.30. The molecular weight excluding hydrogens is 238 g/mol. The summed E-state index contributed by atoms with van der Waals surface area (Å²) in [4.78, 5) is 12.1. The highest BCUT2D eigenvalue weighted by Gasteiger charge is 2.37. The summed E-state index contributed by atoms with van der Waals surface area (Å²) >= 11 is 0. The van der Waals surface area contributed by atoms with Crippen LogP contribution in [0.4, 0.5) is 0 Å². The van der Waals surface area contributed by atoms with E-state index < -0.39 is 5.41 Å². The quantitative estimate of drug-likeness (QED) is 0.760. The maximum Gasteiger partial charge on any atom is 0.317 e. The molecule has 3 heteroatoms. The maximum atomic E-state index is 12.1. The van der Waals surface area contributed by atoms with Crippen LogP contribution in [0.1, 0.15) is 50.2 Å². The summed E-state index contributed by atoms with van der Waals surface area (Å²) in [5.74, 6) is 0.370. The number of carbonyl (C=O) groups is 1. The normalized spacial score (nSPS) is 17.3. The van der Waals surface area contributed by atoms with Crippen molar-refractivity contribution < 1.29 is 9.53 Å². The molecule has 1 aromatic rings. The standard InChI is InChI=1S/C16H19NO2/c1-3-19-15(18)16(2,10-11-17)14-8-6-13(7-9-14)12-4-5-12/h6-9,12H,3-5,10H2,1-2H3. The predicted molar refractivity (Wildman–Crippen MR) is 72.6 cm³/mol. The minimum atomic E-state index is -0.868. The summed E-state index contributed by atoms with van der Waals surface area (Å²) in [5, 5.41) is 8.98. The second-order valence-corrected chi connectivity index (χ2v) is 5.28. The Hall–Kier alpha value is -1.82. The Bertz CT molecular complexity index is 496. The van der Waals surface area contributed by atoms with Crippen LogP contribution in [0.5, 0.6) is 0 Å². The highest BCUT2D eigenvalue weighted by Crippen LogP contribution is 2.40. The molecule has 0 N–H and O–H groups in total. The van der Waals surface area contributed by atoms with Gasteiger partial charge in [-0.2, -0.15) is 5.26 Å². The molecule has 0 amide bonds. The number of nitrogens with zero attached hydrogens (tertiary/aromatic N) is 1. The van der Waals surface area contributed by atoms with Gasteiger partial charge >= 0.3 is 5.97 Å². The fourth-order valence-electron chi connectivity index (χ4n) is 2.28. The van der Waals surface area contributed by atoms with Gasteiger partial charge in [-0.25, -0.2) is 0 Å². The Kier molecular flexibility index (Phi) is 3.90. The van der Waals surface area contributed by atoms with E-state index in [9.17, 15) is 4.79 Å². The van der Waals surface area contributed by atoms with E-state index in [2.05, 4.69) is 18.2 Å². The minimum absolute atomic E-state index is 0.134. The van der Waals surface area contributed by atoms with Gasteiger partial charge in [0.1, 0.15) is 5.41 Å². The number of hydrogen-bond donors (Lipinski definition) is 0. The molecule has 19 heavy (non-hydrogen) atoms. The van der Waals surface area contributed by atoms with Crippen molar-refractivity contribution in [2.75, 3.05) is 6.61 Å². The van der Waals surface area contributed by atoms with Crippen molar-refractivity contribution in [3.05, 3.63) is 35.4 Å². The monoisotopic (exact) mass is 257 g/mol. The van der Waals surface area contributed by atoms with E-state index in [1.54, 1.807) is 13.8 Å². The molecule has 0 aliphatic heterocycles. The lowest BCUT2D eigenvalue weighted by molar-refractivity contribution is -0.149. The SMILES string of the molecule is CCOC(=O)C(C)(CC#N)c1ccc(C2CC2)cc1. The zero-order chi connectivity index (χ0) is 13.9. The second-order valence-electron chi connectivity index (χ2n) is 5.28. The van der Waals surface area contributed by atoms with Crippen LogP contribution in [0.2, 0.25) is 0 Å². The van der Waals surface area contributed by atoms with Crippen LogP contribution >= 0.6 is 0 Å². The molecule has 1 saturated carbocycles. The van der Waals surface area contributed by atoms with Crippen LogP contribution in [-0.2, 0) is 14.9 Å². The van der Waals surface area contributed by atoms with Gasteiger partial charge in [0.15, 0.2) is 0 Å². The van der Waals surface area contributed by atoms with Crippen molar-refractivity contribution in [1.82, 2.24) is 0 Å². The number of carbonyl (C=O) groups excluding carboxylic acids is 1. The van der Waals surface area contributed by atoms with Crippen LogP contribution < -0.4 is 0 Å². The van der Waals surface area contributed by atoms with E-state index in [0.717, 1.165) is 5.56 Å². The molecule has 1 aliphatic rings. The minimum Gasteiger partial charge on any atom is -0.465 e. The van der Waals surface area contributed by atoms with Crippen LogP contribution in [0.3, 0.4) is 0 Å². The Balaban J connectivity index is 2.26. The molecule has 100 valence electrons. The van der Waals surface area contributed by atoms with Gasteiger partial charge in [-0.3, -0.25) is 4.79 Å². The topological polar surface area (TPSA) is 50.1 Å². The van der Waals surface area contributed by atoms with Crippen molar-refractivity contribution in [2.45, 2.75) is 44.4 Å². The van der Waals surface area contributed by atoms with E-state index in [4.69, 9.17) is 10.00 Å². The molecule has 0 bridgehead atoms. The van der Waals surface area contributed by atoms with Crippen molar-refractivity contribution in [1.29, 1.82) is 5.26 Å². The summed E-state index contributed by atoms with van der Waals surface area (Å²) in [6, 6.07) is 10.2. The first-order chi connectivity index (χ1) is 9.11. The molecule has 0 saturated heterocycles. The summed E-state index contributed by atoms with van der Waals surface area (Å²) in [5.41, 5.74) is 1.32. The van der Waals surface area contributed by atoms with Crippen molar-refractivity contribution in [3.63, 3.8) is 0 Å². The summed E-state index contributed by atoms with van der Waals surface area (Å²) < 4.78 is 5.11. The number of esters is 1. The maximum absolute atomic E-state index is 12.1. The van der Waals surface area contributed by atoms with Crippen molar-refractivity contribution in [3.8, 4) is 6.07 Å². The third kappa shape index (κ3) is 2.78. The Morgan fingerprint density at radius 2 is 2.05 bits per heavy atom. The van der Waals surface area contributed by atoms with E-state index in [0.29, 0.717) is 12.5 Å². The van der Waals surface area contributed by atoms with Gasteiger partial charge in [-0.05, 0) is 43.7 Å². The van der Waals surface area contributed by atoms with Gasteiger partial charge in [0.2, 0.25) is 0 Å². The first-order valence-corrected chi connectivity index (χ1v) is 6.76. The Labute approximate surface area is 114 Å². The van der Waals surface area contributed by atoms with Crippen LogP contribution in [0.25, 0.3) is 0 Å². The highest BCUT2D eigenvalue weighted by atomic mass is 16.5. The average molecular weight is 257 g/mol.